The van der Waals surface area contributed by atoms with Crippen molar-refractivity contribution >= 4 is 22.4 Å². The highest BCUT2D eigenvalue weighted by molar-refractivity contribution is 7.16. The van der Waals surface area contributed by atoms with E-state index in [2.05, 4.69) is 10.3 Å². The lowest BCUT2D eigenvalue weighted by atomic mass is 10.1. The van der Waals surface area contributed by atoms with Gasteiger partial charge < -0.3 is 5.32 Å². The molecule has 1 aromatic carbocycles. The number of hydrogen-bond acceptors (Lipinski definition) is 4. The average molecular weight is 303 g/mol. The number of aromatic nitrogens is 1. The maximum atomic E-state index is 12.9. The molecule has 1 aromatic heterocycles. The van der Waals surface area contributed by atoms with E-state index in [9.17, 15) is 9.18 Å². The van der Waals surface area contributed by atoms with E-state index in [4.69, 9.17) is 5.26 Å². The summed E-state index contributed by atoms with van der Waals surface area (Å²) in [7, 11) is 0. The molecule has 4 nitrogen and oxygen atoms in total. The van der Waals surface area contributed by atoms with Crippen LogP contribution >= 0.6 is 11.3 Å². The summed E-state index contributed by atoms with van der Waals surface area (Å²) >= 11 is 1.33. The molecule has 21 heavy (non-hydrogen) atoms. The number of thiazole rings is 1. The molecule has 108 valence electrons. The number of carbonyl (C=O) groups is 1. The van der Waals surface area contributed by atoms with E-state index in [1.165, 1.54) is 23.5 Å². The molecule has 2 rings (SSSR count). The standard InChI is InChI=1S/C15H14FN3OS/c1-3-10(8-17)14(20)19-15-18-13(9(2)21-15)11-4-6-12(16)7-5-11/h4-7,10H,3H2,1-2H3,(H,18,19,20). The fourth-order valence-corrected chi connectivity index (χ4v) is 2.69. The molecule has 0 radical (unpaired) electrons. The Morgan fingerprint density at radius 1 is 1.48 bits per heavy atom. The van der Waals surface area contributed by atoms with Crippen LogP contribution in [0, 0.1) is 30.0 Å². The quantitative estimate of drug-likeness (QED) is 0.935. The van der Waals surface area contributed by atoms with Crippen LogP contribution in [0.15, 0.2) is 24.3 Å². The zero-order chi connectivity index (χ0) is 15.4. The lowest BCUT2D eigenvalue weighted by molar-refractivity contribution is -0.118. The lowest BCUT2D eigenvalue weighted by Crippen LogP contribution is -2.20. The Morgan fingerprint density at radius 2 is 2.14 bits per heavy atom. The number of anilines is 1. The Morgan fingerprint density at radius 3 is 2.71 bits per heavy atom. The van der Waals surface area contributed by atoms with Gasteiger partial charge in [-0.1, -0.05) is 6.92 Å². The summed E-state index contributed by atoms with van der Waals surface area (Å²) < 4.78 is 12.9. The van der Waals surface area contributed by atoms with E-state index in [1.54, 1.807) is 19.1 Å². The molecule has 0 saturated carbocycles. The highest BCUT2D eigenvalue weighted by atomic mass is 32.1. The van der Waals surface area contributed by atoms with Crippen LogP contribution in [-0.4, -0.2) is 10.9 Å². The Labute approximate surface area is 126 Å². The molecule has 1 unspecified atom stereocenters. The van der Waals surface area contributed by atoms with Crippen LogP contribution in [0.25, 0.3) is 11.3 Å². The number of benzene rings is 1. The number of nitriles is 1. The van der Waals surface area contributed by atoms with Crippen molar-refractivity contribution in [1.29, 1.82) is 5.26 Å². The second-order valence-electron chi connectivity index (χ2n) is 4.51. The topological polar surface area (TPSA) is 65.8 Å². The first-order chi connectivity index (χ1) is 10.0. The average Bonchev–Trinajstić information content (AvgIpc) is 2.81. The van der Waals surface area contributed by atoms with Gasteiger partial charge in [-0.3, -0.25) is 4.79 Å². The van der Waals surface area contributed by atoms with E-state index >= 15 is 0 Å². The third kappa shape index (κ3) is 3.44. The van der Waals surface area contributed by atoms with Gasteiger partial charge in [0.05, 0.1) is 11.8 Å². The SMILES string of the molecule is CCC(C#N)C(=O)Nc1nc(-c2ccc(F)cc2)c(C)s1. The molecule has 1 atom stereocenters. The van der Waals surface area contributed by atoms with Crippen LogP contribution in [-0.2, 0) is 4.79 Å². The zero-order valence-corrected chi connectivity index (χ0v) is 12.5. The molecule has 0 saturated heterocycles. The van der Waals surface area contributed by atoms with Gasteiger partial charge in [0.15, 0.2) is 5.13 Å². The van der Waals surface area contributed by atoms with Crippen LogP contribution in [0.4, 0.5) is 9.52 Å². The highest BCUT2D eigenvalue weighted by Crippen LogP contribution is 2.30. The normalized spacial score (nSPS) is 11.7. The van der Waals surface area contributed by atoms with Crippen molar-refractivity contribution in [3.8, 4) is 17.3 Å². The van der Waals surface area contributed by atoms with Gasteiger partial charge in [-0.05, 0) is 37.6 Å². The van der Waals surface area contributed by atoms with Gasteiger partial charge in [0.2, 0.25) is 5.91 Å². The smallest absolute Gasteiger partial charge is 0.243 e. The minimum Gasteiger partial charge on any atom is -0.301 e. The largest absolute Gasteiger partial charge is 0.301 e. The number of carbonyl (C=O) groups excluding carboxylic acids is 1. The molecule has 1 heterocycles. The molecule has 6 heteroatoms. The van der Waals surface area contributed by atoms with Crippen LogP contribution in [0.2, 0.25) is 0 Å². The Balaban J connectivity index is 2.22. The van der Waals surface area contributed by atoms with E-state index in [0.29, 0.717) is 17.2 Å². The molecule has 0 bridgehead atoms. The number of nitrogens with one attached hydrogen (secondary N) is 1. The fourth-order valence-electron chi connectivity index (χ4n) is 1.85. The molecular formula is C15H14FN3OS. The second-order valence-corrected chi connectivity index (χ2v) is 5.71. The molecule has 0 fully saturated rings. The van der Waals surface area contributed by atoms with Crippen molar-refractivity contribution in [3.05, 3.63) is 35.0 Å². The van der Waals surface area contributed by atoms with Gasteiger partial charge >= 0.3 is 0 Å². The Bertz CT molecular complexity index is 688. The number of amides is 1. The van der Waals surface area contributed by atoms with Crippen molar-refractivity contribution in [2.24, 2.45) is 5.92 Å². The predicted octanol–water partition coefficient (Wildman–Crippen LogP) is 3.75. The first-order valence-corrected chi connectivity index (χ1v) is 7.30. The molecule has 1 amide bonds. The first-order valence-electron chi connectivity index (χ1n) is 6.49. The van der Waals surface area contributed by atoms with Crippen LogP contribution < -0.4 is 5.32 Å². The van der Waals surface area contributed by atoms with E-state index in [-0.39, 0.29) is 11.7 Å². The molecule has 2 aromatic rings. The maximum Gasteiger partial charge on any atom is 0.243 e. The second kappa shape index (κ2) is 6.46. The molecule has 0 aliphatic rings. The number of halogens is 1. The molecule has 0 aliphatic carbocycles. The van der Waals surface area contributed by atoms with Gasteiger partial charge in [0.1, 0.15) is 11.7 Å². The molecule has 0 spiro atoms. The summed E-state index contributed by atoms with van der Waals surface area (Å²) in [4.78, 5) is 17.1. The summed E-state index contributed by atoms with van der Waals surface area (Å²) in [6, 6.07) is 7.99. The Kier molecular flexibility index (Phi) is 4.66. The lowest BCUT2D eigenvalue weighted by Gasteiger charge is -2.04. The summed E-state index contributed by atoms with van der Waals surface area (Å²) in [5, 5.41) is 12.0. The van der Waals surface area contributed by atoms with E-state index in [0.717, 1.165) is 10.4 Å². The number of rotatable bonds is 4. The van der Waals surface area contributed by atoms with Crippen molar-refractivity contribution in [3.63, 3.8) is 0 Å². The summed E-state index contributed by atoms with van der Waals surface area (Å²) in [5.41, 5.74) is 1.50. The Hall–Kier alpha value is -2.26. The third-order valence-corrected chi connectivity index (χ3v) is 3.91. The monoisotopic (exact) mass is 303 g/mol. The number of hydrogen-bond donors (Lipinski definition) is 1. The zero-order valence-electron chi connectivity index (χ0n) is 11.7. The minimum absolute atomic E-state index is 0.306. The third-order valence-electron chi connectivity index (χ3n) is 3.02. The van der Waals surface area contributed by atoms with Crippen LogP contribution in [0.5, 0.6) is 0 Å². The van der Waals surface area contributed by atoms with Crippen molar-refractivity contribution in [2.75, 3.05) is 5.32 Å². The van der Waals surface area contributed by atoms with Crippen molar-refractivity contribution in [1.82, 2.24) is 4.98 Å². The predicted molar refractivity (Wildman–Crippen MR) is 80.3 cm³/mol. The van der Waals surface area contributed by atoms with Gasteiger partial charge in [-0.2, -0.15) is 5.26 Å². The van der Waals surface area contributed by atoms with Crippen molar-refractivity contribution in [2.45, 2.75) is 20.3 Å². The first kappa shape index (κ1) is 15.1. The maximum absolute atomic E-state index is 12.9. The highest BCUT2D eigenvalue weighted by Gasteiger charge is 2.18. The van der Waals surface area contributed by atoms with E-state index in [1.807, 2.05) is 13.0 Å². The number of nitrogens with zero attached hydrogens (tertiary/aromatic N) is 2. The van der Waals surface area contributed by atoms with Crippen molar-refractivity contribution < 1.29 is 9.18 Å². The number of aryl methyl sites for hydroxylation is 1. The van der Waals surface area contributed by atoms with Gasteiger partial charge in [0, 0.05) is 10.4 Å². The van der Waals surface area contributed by atoms with Gasteiger partial charge in [0.25, 0.3) is 0 Å². The summed E-state index contributed by atoms with van der Waals surface area (Å²) in [6.45, 7) is 3.66. The van der Waals surface area contributed by atoms with Crippen LogP contribution in [0.3, 0.4) is 0 Å². The fraction of sp³-hybridized carbons (Fsp3) is 0.267. The van der Waals surface area contributed by atoms with E-state index < -0.39 is 5.92 Å². The summed E-state index contributed by atoms with van der Waals surface area (Å²) in [5.74, 6) is -1.33. The molecule has 0 aliphatic heterocycles. The van der Waals surface area contributed by atoms with Crippen LogP contribution in [0.1, 0.15) is 18.2 Å². The van der Waals surface area contributed by atoms with Gasteiger partial charge in [-0.15, -0.1) is 11.3 Å². The molecular weight excluding hydrogens is 289 g/mol. The molecule has 1 N–H and O–H groups in total. The summed E-state index contributed by atoms with van der Waals surface area (Å²) in [6.07, 6.45) is 0.456. The van der Waals surface area contributed by atoms with Gasteiger partial charge in [-0.25, -0.2) is 9.37 Å². The minimum atomic E-state index is -0.677.